The smallest absolute Gasteiger partial charge is 0.322 e. The molecule has 1 N–H and O–H groups in total. The number of carbonyl (C=O) groups is 1. The first kappa shape index (κ1) is 16.8. The minimum Gasteiger partial charge on any atom is -0.486 e. The van der Waals surface area contributed by atoms with Crippen LogP contribution in [0.1, 0.15) is 0 Å². The third-order valence-corrected chi connectivity index (χ3v) is 3.64. The van der Waals surface area contributed by atoms with Gasteiger partial charge in [0.15, 0.2) is 18.1 Å². The van der Waals surface area contributed by atoms with Crippen molar-refractivity contribution in [2.45, 2.75) is 0 Å². The minimum atomic E-state index is -0.489. The standard InChI is InChI=1S/C18H14FN3O5/c19-12-2-4-13(5-3-12)26-10-16(23)20-18-22-21-17(27-18)11-1-6-14-15(9-11)25-8-7-24-14/h1-6,9H,7-8,10H2,(H,20,22,23). The molecule has 0 spiro atoms. The monoisotopic (exact) mass is 371 g/mol. The number of hydrogen-bond donors (Lipinski definition) is 1. The van der Waals surface area contributed by atoms with Crippen LogP contribution in [0.2, 0.25) is 0 Å². The maximum atomic E-state index is 12.8. The molecule has 1 aliphatic heterocycles. The van der Waals surface area contributed by atoms with Crippen molar-refractivity contribution in [1.29, 1.82) is 0 Å². The van der Waals surface area contributed by atoms with Crippen LogP contribution in [-0.2, 0) is 4.79 Å². The Morgan fingerprint density at radius 1 is 1.07 bits per heavy atom. The van der Waals surface area contributed by atoms with Crippen LogP contribution in [0.5, 0.6) is 17.2 Å². The van der Waals surface area contributed by atoms with E-state index in [0.717, 1.165) is 0 Å². The second-order valence-corrected chi connectivity index (χ2v) is 5.56. The summed E-state index contributed by atoms with van der Waals surface area (Å²) in [5, 5.41) is 10.1. The number of hydrogen-bond acceptors (Lipinski definition) is 7. The fourth-order valence-electron chi connectivity index (χ4n) is 2.40. The summed E-state index contributed by atoms with van der Waals surface area (Å²) >= 11 is 0. The summed E-state index contributed by atoms with van der Waals surface area (Å²) in [6.07, 6.45) is 0. The summed E-state index contributed by atoms with van der Waals surface area (Å²) in [7, 11) is 0. The molecule has 0 saturated heterocycles. The fraction of sp³-hybridized carbons (Fsp3) is 0.167. The van der Waals surface area contributed by atoms with Gasteiger partial charge in [0.2, 0.25) is 5.89 Å². The lowest BCUT2D eigenvalue weighted by atomic mass is 10.2. The summed E-state index contributed by atoms with van der Waals surface area (Å²) in [6.45, 7) is 0.687. The van der Waals surface area contributed by atoms with E-state index in [1.165, 1.54) is 24.3 Å². The van der Waals surface area contributed by atoms with Crippen molar-refractivity contribution in [3.8, 4) is 28.7 Å². The van der Waals surface area contributed by atoms with Crippen LogP contribution in [0.25, 0.3) is 11.5 Å². The Morgan fingerprint density at radius 3 is 2.67 bits per heavy atom. The van der Waals surface area contributed by atoms with Crippen LogP contribution < -0.4 is 19.5 Å². The van der Waals surface area contributed by atoms with Gasteiger partial charge in [0.1, 0.15) is 24.8 Å². The molecule has 3 aromatic rings. The van der Waals surface area contributed by atoms with Gasteiger partial charge >= 0.3 is 6.01 Å². The normalized spacial score (nSPS) is 12.5. The molecule has 0 saturated carbocycles. The Balaban J connectivity index is 1.37. The van der Waals surface area contributed by atoms with E-state index in [0.29, 0.717) is 36.0 Å². The van der Waals surface area contributed by atoms with Crippen LogP contribution in [0.15, 0.2) is 46.9 Å². The highest BCUT2D eigenvalue weighted by molar-refractivity contribution is 5.89. The molecule has 1 aromatic heterocycles. The Morgan fingerprint density at radius 2 is 1.85 bits per heavy atom. The van der Waals surface area contributed by atoms with Crippen molar-refractivity contribution in [2.75, 3.05) is 25.1 Å². The Labute approximate surface area is 152 Å². The molecule has 0 bridgehead atoms. The van der Waals surface area contributed by atoms with Crippen molar-refractivity contribution >= 4 is 11.9 Å². The number of amides is 1. The molecule has 0 radical (unpaired) electrons. The van der Waals surface area contributed by atoms with E-state index in [1.807, 2.05) is 0 Å². The molecule has 0 atom stereocenters. The molecule has 0 unspecified atom stereocenters. The minimum absolute atomic E-state index is 0.0624. The van der Waals surface area contributed by atoms with E-state index in [2.05, 4.69) is 15.5 Å². The largest absolute Gasteiger partial charge is 0.486 e. The lowest BCUT2D eigenvalue weighted by molar-refractivity contribution is -0.118. The fourth-order valence-corrected chi connectivity index (χ4v) is 2.40. The number of nitrogens with zero attached hydrogens (tertiary/aromatic N) is 2. The zero-order chi connectivity index (χ0) is 18.6. The van der Waals surface area contributed by atoms with Crippen molar-refractivity contribution < 1.29 is 27.8 Å². The van der Waals surface area contributed by atoms with Gasteiger partial charge in [0.25, 0.3) is 5.91 Å². The Bertz CT molecular complexity index is 958. The second-order valence-electron chi connectivity index (χ2n) is 5.56. The van der Waals surface area contributed by atoms with Crippen molar-refractivity contribution in [3.05, 3.63) is 48.3 Å². The summed E-state index contributed by atoms with van der Waals surface area (Å²) in [5.74, 6) is 0.961. The topological polar surface area (TPSA) is 95.7 Å². The molecule has 9 heteroatoms. The van der Waals surface area contributed by atoms with Gasteiger partial charge in [0, 0.05) is 5.56 Å². The van der Waals surface area contributed by atoms with Crippen molar-refractivity contribution in [1.82, 2.24) is 10.2 Å². The maximum Gasteiger partial charge on any atom is 0.322 e. The first-order valence-electron chi connectivity index (χ1n) is 8.09. The lowest BCUT2D eigenvalue weighted by Crippen LogP contribution is -2.20. The van der Waals surface area contributed by atoms with E-state index in [4.69, 9.17) is 18.6 Å². The number of nitrogens with one attached hydrogen (secondary N) is 1. The average molecular weight is 371 g/mol. The first-order chi connectivity index (χ1) is 13.2. The maximum absolute atomic E-state index is 12.8. The third kappa shape index (κ3) is 3.97. The number of rotatable bonds is 5. The van der Waals surface area contributed by atoms with Gasteiger partial charge in [-0.1, -0.05) is 5.10 Å². The second kappa shape index (κ2) is 7.32. The number of benzene rings is 2. The van der Waals surface area contributed by atoms with Gasteiger partial charge in [0.05, 0.1) is 0 Å². The van der Waals surface area contributed by atoms with Crippen molar-refractivity contribution in [3.63, 3.8) is 0 Å². The number of fused-ring (bicyclic) bond motifs is 1. The van der Waals surface area contributed by atoms with E-state index in [-0.39, 0.29) is 24.3 Å². The van der Waals surface area contributed by atoms with Gasteiger partial charge in [-0.05, 0) is 42.5 Å². The van der Waals surface area contributed by atoms with E-state index in [9.17, 15) is 9.18 Å². The van der Waals surface area contributed by atoms with E-state index >= 15 is 0 Å². The first-order valence-corrected chi connectivity index (χ1v) is 8.09. The van der Waals surface area contributed by atoms with Crippen LogP contribution >= 0.6 is 0 Å². The highest BCUT2D eigenvalue weighted by Gasteiger charge is 2.16. The molecule has 2 heterocycles. The molecule has 2 aromatic carbocycles. The molecule has 8 nitrogen and oxygen atoms in total. The molecular weight excluding hydrogens is 357 g/mol. The number of anilines is 1. The highest BCUT2D eigenvalue weighted by Crippen LogP contribution is 2.34. The molecular formula is C18H14FN3O5. The summed E-state index contributed by atoms with van der Waals surface area (Å²) in [6, 6.07) is 10.5. The summed E-state index contributed by atoms with van der Waals surface area (Å²) in [4.78, 5) is 11.9. The molecule has 138 valence electrons. The van der Waals surface area contributed by atoms with Crippen molar-refractivity contribution in [2.24, 2.45) is 0 Å². The lowest BCUT2D eigenvalue weighted by Gasteiger charge is -2.18. The Kier molecular flexibility index (Phi) is 4.56. The van der Waals surface area contributed by atoms with E-state index in [1.54, 1.807) is 18.2 Å². The predicted octanol–water partition coefficient (Wildman–Crippen LogP) is 2.66. The van der Waals surface area contributed by atoms with Gasteiger partial charge in [-0.2, -0.15) is 0 Å². The highest BCUT2D eigenvalue weighted by atomic mass is 19.1. The van der Waals surface area contributed by atoms with Crippen LogP contribution in [0.3, 0.4) is 0 Å². The quantitative estimate of drug-likeness (QED) is 0.737. The third-order valence-electron chi connectivity index (χ3n) is 3.64. The number of ether oxygens (including phenoxy) is 3. The molecule has 27 heavy (non-hydrogen) atoms. The SMILES string of the molecule is O=C(COc1ccc(F)cc1)Nc1nnc(-c2ccc3c(c2)OCCO3)o1. The summed E-state index contributed by atoms with van der Waals surface area (Å²) < 4.78 is 34.5. The molecule has 0 aliphatic carbocycles. The van der Waals surface area contributed by atoms with Gasteiger partial charge in [-0.25, -0.2) is 4.39 Å². The van der Waals surface area contributed by atoms with Gasteiger partial charge in [-0.15, -0.1) is 5.10 Å². The molecule has 0 fully saturated rings. The van der Waals surface area contributed by atoms with Gasteiger partial charge < -0.3 is 18.6 Å². The van der Waals surface area contributed by atoms with Crippen LogP contribution in [0, 0.1) is 5.82 Å². The zero-order valence-electron chi connectivity index (χ0n) is 14.0. The summed E-state index contributed by atoms with van der Waals surface area (Å²) in [5.41, 5.74) is 0.634. The van der Waals surface area contributed by atoms with Gasteiger partial charge in [-0.3, -0.25) is 10.1 Å². The molecule has 4 rings (SSSR count). The number of carbonyl (C=O) groups excluding carboxylic acids is 1. The predicted molar refractivity (Wildman–Crippen MR) is 91.2 cm³/mol. The molecule has 1 aliphatic rings. The van der Waals surface area contributed by atoms with Crippen LogP contribution in [0.4, 0.5) is 10.4 Å². The van der Waals surface area contributed by atoms with Crippen LogP contribution in [-0.4, -0.2) is 35.9 Å². The Hall–Kier alpha value is -3.62. The average Bonchev–Trinajstić information content (AvgIpc) is 3.15. The zero-order valence-corrected chi connectivity index (χ0v) is 14.0. The number of halogens is 1. The number of aromatic nitrogens is 2. The molecule has 1 amide bonds. The van der Waals surface area contributed by atoms with E-state index < -0.39 is 5.91 Å².